The van der Waals surface area contributed by atoms with Crippen LogP contribution in [0.4, 0.5) is 22.0 Å². The standard InChI is InChI=1S/C9H18.C8H15F.3C8H16.C7H12Cl2.C7H13Cl.C7H12F2.C7H13F.4C7H14.C6H11Cl.C6H11F.C6H12.CH4/c1-8(2)6-7-9(3,4)5;1-6(7(2)9)8(3,4)5;2*1-6-7(2)8(3,4)5;1-5-6-7-8(2,3)4;1-5(6(8)9)7(2,3)4;1-6(8)5-7(2,3)4;1-5(8)6(9)7(2,3)4;1-6(8)5-7(2,3)4;1-6(2)7(3,4)5;3*1-5-6-7(2,3)4;2*1-5(7)6(2,3)4;1-5-6(2,3)4;/h6-8H,1-5H3;1-5H3;2*6H,1-5H3;6-7H,5H2,1-4H3;1-4H3;5H,1-4H3;1-4H3;5H,1-4H3;1H2,2-5H3;3*5-6H,1-4H3;2*1H2,2-4H3;5H,1H2,2-4H3;1H4/b7-6+;7-6-;3*7-6+;;6-5-;6-5+;6-5-;;3*6-5+;;;;. The van der Waals surface area contributed by atoms with Crippen molar-refractivity contribution >= 4 is 46.4 Å². The van der Waals surface area contributed by atoms with Gasteiger partial charge in [0.2, 0.25) is 0 Å². The average molecular weight is 1860 g/mol. The number of hydrogen-bond donors (Lipinski definition) is 0. The normalized spacial score (nSPS) is 13.2. The van der Waals surface area contributed by atoms with Gasteiger partial charge in [-0.15, -0.1) is 6.58 Å². The Kier molecular flexibility index (Phi) is 98.4. The molecule has 0 saturated heterocycles. The highest BCUT2D eigenvalue weighted by molar-refractivity contribution is 6.56. The maximum absolute atomic E-state index is 12.5. The van der Waals surface area contributed by atoms with Crippen LogP contribution >= 0.6 is 46.4 Å². The Morgan fingerprint density at radius 1 is 0.320 bits per heavy atom. The molecule has 0 bridgehead atoms. The van der Waals surface area contributed by atoms with E-state index in [1.807, 2.05) is 116 Å². The molecule has 0 rings (SSSR count). The van der Waals surface area contributed by atoms with E-state index < -0.39 is 17.1 Å². The zero-order chi connectivity index (χ0) is 105. The fourth-order valence-electron chi connectivity index (χ4n) is 5.83. The lowest BCUT2D eigenvalue weighted by molar-refractivity contribution is 0.355. The first-order chi connectivity index (χ1) is 53.4. The van der Waals surface area contributed by atoms with Crippen LogP contribution in [0, 0.1) is 92.6 Å². The monoisotopic (exact) mass is 1850 g/mol. The van der Waals surface area contributed by atoms with Gasteiger partial charge in [-0.05, 0) is 202 Å². The number of halogens is 9. The third-order valence-corrected chi connectivity index (χ3v) is 17.1. The van der Waals surface area contributed by atoms with Gasteiger partial charge in [0.25, 0.3) is 0 Å². The van der Waals surface area contributed by atoms with E-state index in [1.54, 1.807) is 47.6 Å². The fourth-order valence-corrected chi connectivity index (χ4v) is 6.72. The predicted molar refractivity (Wildman–Crippen MR) is 588 cm³/mol. The van der Waals surface area contributed by atoms with Crippen molar-refractivity contribution in [2.75, 3.05) is 0 Å². The molecule has 0 aromatic rings. The van der Waals surface area contributed by atoms with Gasteiger partial charge >= 0.3 is 0 Å². The molecule has 0 N–H and O–H groups in total. The Labute approximate surface area is 808 Å². The molecular formula is C116H225Cl4F5. The maximum atomic E-state index is 12.5. The van der Waals surface area contributed by atoms with Crippen molar-refractivity contribution in [1.29, 1.82) is 0 Å². The van der Waals surface area contributed by atoms with E-state index in [0.717, 1.165) is 29.5 Å². The van der Waals surface area contributed by atoms with Crippen LogP contribution in [0.15, 0.2) is 189 Å². The summed E-state index contributed by atoms with van der Waals surface area (Å²) >= 11 is 22.3. The number of hydrogen-bond acceptors (Lipinski definition) is 0. The van der Waals surface area contributed by atoms with Crippen LogP contribution in [0.3, 0.4) is 0 Å². The Bertz CT molecular complexity index is 2810. The van der Waals surface area contributed by atoms with E-state index in [9.17, 15) is 22.0 Å². The fraction of sp³-hybridized carbons (Fsp3) is 0.724. The van der Waals surface area contributed by atoms with E-state index in [-0.39, 0.29) is 57.4 Å². The Morgan fingerprint density at radius 2 is 0.552 bits per heavy atom. The van der Waals surface area contributed by atoms with E-state index in [4.69, 9.17) is 46.4 Å². The molecule has 752 valence electrons. The van der Waals surface area contributed by atoms with Gasteiger partial charge < -0.3 is 0 Å². The Hall–Kier alpha value is -3.35. The molecule has 0 fully saturated rings. The summed E-state index contributed by atoms with van der Waals surface area (Å²) in [5, 5.41) is 1.59. The topological polar surface area (TPSA) is 0 Å². The average Bonchev–Trinajstić information content (AvgIpc) is 0.902. The van der Waals surface area contributed by atoms with Crippen LogP contribution in [0.2, 0.25) is 0 Å². The number of rotatable bonds is 2. The molecule has 0 nitrogen and oxygen atoms in total. The molecular weight excluding hydrogens is 1630 g/mol. The van der Waals surface area contributed by atoms with Crippen molar-refractivity contribution in [2.24, 2.45) is 92.6 Å². The van der Waals surface area contributed by atoms with E-state index in [0.29, 0.717) is 64.2 Å². The smallest absolute Gasteiger partial charge is 0.136 e. The van der Waals surface area contributed by atoms with Gasteiger partial charge in [0, 0.05) is 20.9 Å². The van der Waals surface area contributed by atoms with Gasteiger partial charge in [-0.25, -0.2) is 22.0 Å². The van der Waals surface area contributed by atoms with Crippen molar-refractivity contribution in [3.05, 3.63) is 189 Å². The third-order valence-electron chi connectivity index (χ3n) is 15.9. The highest BCUT2D eigenvalue weighted by Gasteiger charge is 2.21. The summed E-state index contributed by atoms with van der Waals surface area (Å²) in [6.45, 7) is 147. The minimum Gasteiger partial charge on any atom is -0.212 e. The summed E-state index contributed by atoms with van der Waals surface area (Å²) in [4.78, 5) is 0. The second-order valence-electron chi connectivity index (χ2n) is 48.9. The van der Waals surface area contributed by atoms with Crippen molar-refractivity contribution < 1.29 is 22.0 Å². The highest BCUT2D eigenvalue weighted by atomic mass is 35.5. The zero-order valence-electron chi connectivity index (χ0n) is 95.7. The largest absolute Gasteiger partial charge is 0.212 e. The van der Waals surface area contributed by atoms with Crippen LogP contribution in [0.1, 0.15) is 464 Å². The van der Waals surface area contributed by atoms with E-state index >= 15 is 0 Å². The Balaban J connectivity index is -0.0000000664. The molecule has 0 heterocycles. The highest BCUT2D eigenvalue weighted by Crippen LogP contribution is 2.33. The van der Waals surface area contributed by atoms with Gasteiger partial charge in [-0.3, -0.25) is 0 Å². The summed E-state index contributed by atoms with van der Waals surface area (Å²) in [5.74, 6) is -1.11. The number of allylic oxidation sites excluding steroid dienone is 27. The quantitative estimate of drug-likeness (QED) is 0.191. The van der Waals surface area contributed by atoms with Gasteiger partial charge in [0.05, 0.1) is 17.5 Å². The summed E-state index contributed by atoms with van der Waals surface area (Å²) in [6.07, 6.45) is 32.8. The minimum atomic E-state index is -0.720. The first kappa shape index (κ1) is 162. The third kappa shape index (κ3) is 182. The van der Waals surface area contributed by atoms with E-state index in [2.05, 4.69) is 383 Å². The van der Waals surface area contributed by atoms with Crippen molar-refractivity contribution in [3.63, 3.8) is 0 Å². The second kappa shape index (κ2) is 76.1. The molecule has 0 aliphatic rings. The van der Waals surface area contributed by atoms with Crippen LogP contribution in [-0.4, -0.2) is 0 Å². The lowest BCUT2D eigenvalue weighted by Gasteiger charge is -2.19. The van der Waals surface area contributed by atoms with Crippen molar-refractivity contribution in [2.45, 2.75) is 464 Å². The SMILES string of the molecule is C.C/C(Cl)=C/C(C)(C)C.C/C(F)=C(\C)C(C)(C)C.C/C(F)=C(\F)C(C)(C)C.C/C(F)=C/C(C)(C)C.C/C=C(\C)C(C)(C)C.C/C=C(\C)C(C)(C)C.C/C=C/C(C)(C)C.C/C=C/C(C)(C)C.C/C=C/C(C)(C)C.C=C(C)C(C)(C)C.C=C(Cl)C(C)(C)C.C=C(F)C(C)(C)C.C=CC(C)(C)C.CC(=C(Cl)Cl)C(C)(C)C.CC(C)/C=C/C(C)(C)C.CC/C=C/C(C)(C)C. The lowest BCUT2D eigenvalue weighted by atomic mass is 9.87. The predicted octanol–water partition coefficient (Wildman–Crippen LogP) is 47.2. The molecule has 9 heteroatoms. The lowest BCUT2D eigenvalue weighted by Crippen LogP contribution is -2.07. The summed E-state index contributed by atoms with van der Waals surface area (Å²) in [7, 11) is 0. The van der Waals surface area contributed by atoms with Crippen LogP contribution in [-0.2, 0) is 0 Å². The molecule has 0 atom stereocenters. The van der Waals surface area contributed by atoms with Gasteiger partial charge in [0.1, 0.15) is 16.1 Å². The second-order valence-corrected chi connectivity index (χ2v) is 50.9. The summed E-state index contributed by atoms with van der Waals surface area (Å²) < 4.78 is 61.6. The minimum absolute atomic E-state index is 0. The van der Waals surface area contributed by atoms with Gasteiger partial charge in [-0.1, -0.05) is 528 Å². The van der Waals surface area contributed by atoms with Crippen LogP contribution < -0.4 is 0 Å². The molecule has 0 unspecified atom stereocenters. The van der Waals surface area contributed by atoms with Crippen LogP contribution in [0.5, 0.6) is 0 Å². The molecule has 0 aliphatic carbocycles. The molecule has 0 radical (unpaired) electrons. The molecule has 125 heavy (non-hydrogen) atoms. The van der Waals surface area contributed by atoms with Gasteiger partial charge in [-0.2, -0.15) is 0 Å². The molecule has 0 aliphatic heterocycles. The summed E-state index contributed by atoms with van der Waals surface area (Å²) in [5.41, 5.74) is 8.53. The van der Waals surface area contributed by atoms with Crippen molar-refractivity contribution in [3.8, 4) is 0 Å². The molecule has 0 amide bonds. The van der Waals surface area contributed by atoms with E-state index in [1.165, 1.54) is 30.6 Å². The Morgan fingerprint density at radius 3 is 0.568 bits per heavy atom. The van der Waals surface area contributed by atoms with Crippen molar-refractivity contribution in [1.82, 2.24) is 0 Å². The summed E-state index contributed by atoms with van der Waals surface area (Å²) in [6, 6.07) is 0. The molecule has 0 spiro atoms. The zero-order valence-corrected chi connectivity index (χ0v) is 98.7. The first-order valence-electron chi connectivity index (χ1n) is 45.0. The first-order valence-corrected chi connectivity index (χ1v) is 46.6. The molecule has 0 saturated carbocycles. The van der Waals surface area contributed by atoms with Gasteiger partial charge in [0.15, 0.2) is 0 Å². The van der Waals surface area contributed by atoms with Crippen LogP contribution in [0.25, 0.3) is 0 Å². The molecule has 0 aromatic heterocycles. The molecule has 0 aromatic carbocycles. The maximum Gasteiger partial charge on any atom is 0.136 e.